The Kier molecular flexibility index (Phi) is 2.19. The number of aromatic nitrogens is 3. The standard InChI is InChI=1S/C9H16N4O/c1-3-9(14)6-12(7-9)8-5-10-11-13(8)4-2/h5,14H,3-4,6-7H2,1-2H3. The summed E-state index contributed by atoms with van der Waals surface area (Å²) in [7, 11) is 0. The molecular formula is C9H16N4O. The largest absolute Gasteiger partial charge is 0.386 e. The molecule has 0 spiro atoms. The van der Waals surface area contributed by atoms with E-state index in [1.54, 1.807) is 6.20 Å². The molecule has 0 unspecified atom stereocenters. The molecule has 78 valence electrons. The van der Waals surface area contributed by atoms with E-state index < -0.39 is 5.60 Å². The maximum absolute atomic E-state index is 9.86. The summed E-state index contributed by atoms with van der Waals surface area (Å²) >= 11 is 0. The predicted molar refractivity (Wildman–Crippen MR) is 53.1 cm³/mol. The summed E-state index contributed by atoms with van der Waals surface area (Å²) in [5, 5.41) is 17.7. The van der Waals surface area contributed by atoms with Gasteiger partial charge in [0.25, 0.3) is 0 Å². The first-order chi connectivity index (χ1) is 6.68. The van der Waals surface area contributed by atoms with Gasteiger partial charge in [0, 0.05) is 6.54 Å². The van der Waals surface area contributed by atoms with Gasteiger partial charge in [-0.2, -0.15) is 0 Å². The van der Waals surface area contributed by atoms with Crippen LogP contribution in [0.1, 0.15) is 20.3 Å². The van der Waals surface area contributed by atoms with E-state index in [-0.39, 0.29) is 0 Å². The molecule has 2 rings (SSSR count). The summed E-state index contributed by atoms with van der Waals surface area (Å²) in [5.41, 5.74) is -0.497. The summed E-state index contributed by atoms with van der Waals surface area (Å²) in [4.78, 5) is 2.10. The summed E-state index contributed by atoms with van der Waals surface area (Å²) in [6.07, 6.45) is 2.55. The first kappa shape index (κ1) is 9.45. The highest BCUT2D eigenvalue weighted by Gasteiger charge is 2.40. The van der Waals surface area contributed by atoms with Crippen LogP contribution < -0.4 is 4.90 Å². The SMILES string of the molecule is CCn1nncc1N1CC(O)(CC)C1. The fraction of sp³-hybridized carbons (Fsp3) is 0.778. The van der Waals surface area contributed by atoms with E-state index in [0.717, 1.165) is 18.8 Å². The van der Waals surface area contributed by atoms with Crippen LogP contribution in [0.4, 0.5) is 5.82 Å². The van der Waals surface area contributed by atoms with Crippen LogP contribution in [0.2, 0.25) is 0 Å². The van der Waals surface area contributed by atoms with Crippen LogP contribution in [0.5, 0.6) is 0 Å². The molecule has 1 aliphatic heterocycles. The van der Waals surface area contributed by atoms with E-state index in [2.05, 4.69) is 15.2 Å². The van der Waals surface area contributed by atoms with Crippen LogP contribution in [0, 0.1) is 0 Å². The lowest BCUT2D eigenvalue weighted by Crippen LogP contribution is -2.62. The number of aryl methyl sites for hydroxylation is 1. The molecule has 1 fully saturated rings. The van der Waals surface area contributed by atoms with Gasteiger partial charge < -0.3 is 10.0 Å². The zero-order valence-corrected chi connectivity index (χ0v) is 8.64. The molecule has 1 saturated heterocycles. The first-order valence-corrected chi connectivity index (χ1v) is 5.04. The molecule has 1 aromatic rings. The molecule has 0 saturated carbocycles. The average Bonchev–Trinajstić information content (AvgIpc) is 2.60. The Bertz CT molecular complexity index is 316. The van der Waals surface area contributed by atoms with Gasteiger partial charge in [-0.05, 0) is 13.3 Å². The molecule has 0 aliphatic carbocycles. The highest BCUT2D eigenvalue weighted by atomic mass is 16.3. The highest BCUT2D eigenvalue weighted by molar-refractivity contribution is 5.42. The predicted octanol–water partition coefficient (Wildman–Crippen LogP) is 0.259. The molecule has 0 bridgehead atoms. The monoisotopic (exact) mass is 196 g/mol. The zero-order valence-electron chi connectivity index (χ0n) is 8.64. The third-order valence-corrected chi connectivity index (χ3v) is 2.85. The minimum absolute atomic E-state index is 0.497. The number of anilines is 1. The quantitative estimate of drug-likeness (QED) is 0.753. The lowest BCUT2D eigenvalue weighted by atomic mass is 9.91. The van der Waals surface area contributed by atoms with E-state index in [9.17, 15) is 5.11 Å². The molecule has 14 heavy (non-hydrogen) atoms. The van der Waals surface area contributed by atoms with E-state index in [1.807, 2.05) is 18.5 Å². The van der Waals surface area contributed by atoms with E-state index >= 15 is 0 Å². The molecule has 0 aromatic carbocycles. The van der Waals surface area contributed by atoms with E-state index in [4.69, 9.17) is 0 Å². The van der Waals surface area contributed by atoms with Crippen molar-refractivity contribution in [3.8, 4) is 0 Å². The fourth-order valence-corrected chi connectivity index (χ4v) is 1.77. The number of nitrogens with zero attached hydrogens (tertiary/aromatic N) is 4. The number of hydrogen-bond acceptors (Lipinski definition) is 4. The summed E-state index contributed by atoms with van der Waals surface area (Å²) in [5.74, 6) is 1.01. The fourth-order valence-electron chi connectivity index (χ4n) is 1.77. The van der Waals surface area contributed by atoms with Gasteiger partial charge in [0.15, 0.2) is 0 Å². The first-order valence-electron chi connectivity index (χ1n) is 5.04. The van der Waals surface area contributed by atoms with Crippen LogP contribution in [-0.2, 0) is 6.54 Å². The van der Waals surface area contributed by atoms with Crippen LogP contribution in [0.3, 0.4) is 0 Å². The lowest BCUT2D eigenvalue weighted by Gasteiger charge is -2.46. The third-order valence-electron chi connectivity index (χ3n) is 2.85. The van der Waals surface area contributed by atoms with Crippen LogP contribution >= 0.6 is 0 Å². The van der Waals surface area contributed by atoms with Crippen molar-refractivity contribution in [2.45, 2.75) is 32.4 Å². The van der Waals surface area contributed by atoms with Gasteiger partial charge in [0.1, 0.15) is 5.82 Å². The Morgan fingerprint density at radius 3 is 2.79 bits per heavy atom. The molecule has 1 aliphatic rings. The Balaban J connectivity index is 2.06. The second-order valence-corrected chi connectivity index (χ2v) is 3.84. The van der Waals surface area contributed by atoms with E-state index in [0.29, 0.717) is 13.1 Å². The zero-order chi connectivity index (χ0) is 10.2. The van der Waals surface area contributed by atoms with Crippen LogP contribution in [0.25, 0.3) is 0 Å². The van der Waals surface area contributed by atoms with E-state index in [1.165, 1.54) is 0 Å². The number of rotatable bonds is 3. The van der Waals surface area contributed by atoms with Gasteiger partial charge in [-0.25, -0.2) is 4.68 Å². The minimum atomic E-state index is -0.497. The maximum atomic E-state index is 9.86. The van der Waals surface area contributed by atoms with Crippen molar-refractivity contribution < 1.29 is 5.11 Å². The van der Waals surface area contributed by atoms with Gasteiger partial charge in [0.2, 0.25) is 0 Å². The molecule has 1 N–H and O–H groups in total. The Morgan fingerprint density at radius 2 is 2.21 bits per heavy atom. The topological polar surface area (TPSA) is 54.2 Å². The van der Waals surface area contributed by atoms with Crippen molar-refractivity contribution in [2.24, 2.45) is 0 Å². The van der Waals surface area contributed by atoms with Crippen molar-refractivity contribution in [3.05, 3.63) is 6.20 Å². The molecule has 0 atom stereocenters. The summed E-state index contributed by atoms with van der Waals surface area (Å²) in [6, 6.07) is 0. The Labute approximate surface area is 83.3 Å². The molecule has 5 heteroatoms. The molecule has 5 nitrogen and oxygen atoms in total. The van der Waals surface area contributed by atoms with Crippen molar-refractivity contribution in [2.75, 3.05) is 18.0 Å². The van der Waals surface area contributed by atoms with Crippen molar-refractivity contribution in [3.63, 3.8) is 0 Å². The van der Waals surface area contributed by atoms with Gasteiger partial charge in [0.05, 0.1) is 24.9 Å². The molecule has 1 aromatic heterocycles. The number of β-amino-alcohol motifs (C(OH)–C–C–N with tert-alkyl or cyclic N) is 1. The van der Waals surface area contributed by atoms with Crippen LogP contribution in [-0.4, -0.2) is 38.8 Å². The van der Waals surface area contributed by atoms with Gasteiger partial charge in [-0.1, -0.05) is 12.1 Å². The van der Waals surface area contributed by atoms with Crippen molar-refractivity contribution >= 4 is 5.82 Å². The smallest absolute Gasteiger partial charge is 0.147 e. The van der Waals surface area contributed by atoms with Gasteiger partial charge >= 0.3 is 0 Å². The third kappa shape index (κ3) is 1.37. The summed E-state index contributed by atoms with van der Waals surface area (Å²) in [6.45, 7) is 6.24. The second kappa shape index (κ2) is 3.24. The van der Waals surface area contributed by atoms with Crippen LogP contribution in [0.15, 0.2) is 6.20 Å². The average molecular weight is 196 g/mol. The van der Waals surface area contributed by atoms with Gasteiger partial charge in [-0.3, -0.25) is 0 Å². The highest BCUT2D eigenvalue weighted by Crippen LogP contribution is 2.28. The lowest BCUT2D eigenvalue weighted by molar-refractivity contribution is 0.00760. The molecule has 2 heterocycles. The maximum Gasteiger partial charge on any atom is 0.147 e. The second-order valence-electron chi connectivity index (χ2n) is 3.84. The molecular weight excluding hydrogens is 180 g/mol. The minimum Gasteiger partial charge on any atom is -0.386 e. The molecule has 0 amide bonds. The van der Waals surface area contributed by atoms with Crippen molar-refractivity contribution in [1.82, 2.24) is 15.0 Å². The van der Waals surface area contributed by atoms with Gasteiger partial charge in [-0.15, -0.1) is 5.10 Å². The van der Waals surface area contributed by atoms with Crippen molar-refractivity contribution in [1.29, 1.82) is 0 Å². The normalized spacial score (nSPS) is 19.5. The Hall–Kier alpha value is -1.10. The Morgan fingerprint density at radius 1 is 1.50 bits per heavy atom. The number of aliphatic hydroxyl groups is 1. The summed E-state index contributed by atoms with van der Waals surface area (Å²) < 4.78 is 1.84. The molecule has 0 radical (unpaired) electrons. The number of hydrogen-bond donors (Lipinski definition) is 1.